The summed E-state index contributed by atoms with van der Waals surface area (Å²) in [6.07, 6.45) is 3.16. The zero-order chi connectivity index (χ0) is 20.8. The van der Waals surface area contributed by atoms with Gasteiger partial charge in [-0.1, -0.05) is 12.1 Å². The van der Waals surface area contributed by atoms with Gasteiger partial charge in [-0.25, -0.2) is 0 Å². The lowest BCUT2D eigenvalue weighted by atomic mass is 10.0. The van der Waals surface area contributed by atoms with E-state index in [1.807, 2.05) is 18.2 Å². The first-order valence-corrected chi connectivity index (χ1v) is 9.57. The van der Waals surface area contributed by atoms with Gasteiger partial charge in [0, 0.05) is 18.1 Å². The fourth-order valence-electron chi connectivity index (χ4n) is 3.43. The van der Waals surface area contributed by atoms with Crippen LogP contribution >= 0.6 is 0 Å². The Morgan fingerprint density at radius 3 is 2.41 bits per heavy atom. The van der Waals surface area contributed by atoms with Crippen LogP contribution in [0.15, 0.2) is 36.4 Å². The molecule has 0 spiro atoms. The molecule has 0 fully saturated rings. The largest absolute Gasteiger partial charge is 0.497 e. The van der Waals surface area contributed by atoms with E-state index < -0.39 is 12.6 Å². The lowest BCUT2D eigenvalue weighted by Gasteiger charge is -2.10. The molecule has 0 saturated carbocycles. The second-order valence-corrected chi connectivity index (χ2v) is 6.91. The van der Waals surface area contributed by atoms with Crippen LogP contribution in [-0.2, 0) is 22.4 Å². The van der Waals surface area contributed by atoms with Crippen molar-refractivity contribution in [2.45, 2.75) is 32.1 Å². The minimum atomic E-state index is -0.583. The van der Waals surface area contributed by atoms with E-state index in [0.29, 0.717) is 22.6 Å². The SMILES string of the molecule is COc1ccc(C(=O)COC(=O)CCC(=O)c2ccc3c(c2)CCC3)c(OC)c1. The number of carbonyl (C=O) groups is 3. The molecule has 0 unspecified atom stereocenters. The topological polar surface area (TPSA) is 78.9 Å². The highest BCUT2D eigenvalue weighted by atomic mass is 16.5. The Labute approximate surface area is 169 Å². The summed E-state index contributed by atoms with van der Waals surface area (Å²) in [6.45, 7) is -0.408. The summed E-state index contributed by atoms with van der Waals surface area (Å²) in [5.41, 5.74) is 3.44. The molecule has 0 aliphatic heterocycles. The molecule has 0 saturated heterocycles. The number of benzene rings is 2. The molecule has 0 amide bonds. The van der Waals surface area contributed by atoms with Crippen molar-refractivity contribution in [2.75, 3.05) is 20.8 Å². The van der Waals surface area contributed by atoms with Crippen LogP contribution in [-0.4, -0.2) is 38.4 Å². The number of fused-ring (bicyclic) bond motifs is 1. The van der Waals surface area contributed by atoms with E-state index in [1.54, 1.807) is 18.2 Å². The second-order valence-electron chi connectivity index (χ2n) is 6.91. The van der Waals surface area contributed by atoms with E-state index >= 15 is 0 Å². The van der Waals surface area contributed by atoms with Gasteiger partial charge in [0.2, 0.25) is 5.78 Å². The fraction of sp³-hybridized carbons (Fsp3) is 0.348. The average molecular weight is 396 g/mol. The van der Waals surface area contributed by atoms with E-state index in [-0.39, 0.29) is 24.4 Å². The van der Waals surface area contributed by atoms with Crippen LogP contribution in [0.25, 0.3) is 0 Å². The minimum absolute atomic E-state index is 0.0532. The van der Waals surface area contributed by atoms with E-state index in [0.717, 1.165) is 19.3 Å². The lowest BCUT2D eigenvalue weighted by Crippen LogP contribution is -2.16. The molecule has 0 heterocycles. The molecule has 152 valence electrons. The van der Waals surface area contributed by atoms with Gasteiger partial charge in [0.05, 0.1) is 26.2 Å². The second kappa shape index (κ2) is 9.37. The number of ketones is 2. The number of hydrogen-bond acceptors (Lipinski definition) is 6. The molecule has 1 aliphatic carbocycles. The van der Waals surface area contributed by atoms with Crippen LogP contribution in [0.1, 0.15) is 51.1 Å². The normalized spacial score (nSPS) is 12.2. The lowest BCUT2D eigenvalue weighted by molar-refractivity contribution is -0.142. The van der Waals surface area contributed by atoms with E-state index in [2.05, 4.69) is 0 Å². The molecule has 2 aromatic rings. The Hall–Kier alpha value is -3.15. The molecule has 29 heavy (non-hydrogen) atoms. The zero-order valence-corrected chi connectivity index (χ0v) is 16.7. The third-order valence-corrected chi connectivity index (χ3v) is 5.05. The molecule has 2 aromatic carbocycles. The van der Waals surface area contributed by atoms with Crippen LogP contribution in [0.5, 0.6) is 11.5 Å². The highest BCUT2D eigenvalue weighted by Gasteiger charge is 2.18. The highest BCUT2D eigenvalue weighted by Crippen LogP contribution is 2.25. The van der Waals surface area contributed by atoms with Gasteiger partial charge in [-0.05, 0) is 48.6 Å². The average Bonchev–Trinajstić information content (AvgIpc) is 3.23. The Morgan fingerprint density at radius 2 is 1.66 bits per heavy atom. The van der Waals surface area contributed by atoms with Gasteiger partial charge >= 0.3 is 5.97 Å². The van der Waals surface area contributed by atoms with E-state index in [1.165, 1.54) is 25.3 Å². The molecule has 0 radical (unpaired) electrons. The maximum absolute atomic E-state index is 12.3. The van der Waals surface area contributed by atoms with Crippen molar-refractivity contribution in [3.63, 3.8) is 0 Å². The van der Waals surface area contributed by atoms with Gasteiger partial charge in [-0.15, -0.1) is 0 Å². The van der Waals surface area contributed by atoms with Gasteiger partial charge in [0.15, 0.2) is 12.4 Å². The molecule has 6 nitrogen and oxygen atoms in total. The monoisotopic (exact) mass is 396 g/mol. The summed E-state index contributed by atoms with van der Waals surface area (Å²) in [6, 6.07) is 10.5. The Morgan fingerprint density at radius 1 is 0.862 bits per heavy atom. The third-order valence-electron chi connectivity index (χ3n) is 5.05. The van der Waals surface area contributed by atoms with Crippen molar-refractivity contribution >= 4 is 17.5 Å². The molecule has 0 aromatic heterocycles. The van der Waals surface area contributed by atoms with Crippen LogP contribution in [0.4, 0.5) is 0 Å². The number of carbonyl (C=O) groups excluding carboxylic acids is 3. The first kappa shape index (κ1) is 20.6. The van der Waals surface area contributed by atoms with Crippen molar-refractivity contribution in [1.82, 2.24) is 0 Å². The first-order valence-electron chi connectivity index (χ1n) is 9.57. The maximum atomic E-state index is 12.3. The summed E-state index contributed by atoms with van der Waals surface area (Å²) >= 11 is 0. The molecule has 1 aliphatic rings. The third kappa shape index (κ3) is 5.02. The molecular weight excluding hydrogens is 372 g/mol. The number of rotatable bonds is 9. The molecule has 3 rings (SSSR count). The van der Waals surface area contributed by atoms with Crippen LogP contribution in [0.2, 0.25) is 0 Å². The van der Waals surface area contributed by atoms with Gasteiger partial charge in [-0.2, -0.15) is 0 Å². The van der Waals surface area contributed by atoms with Gasteiger partial charge in [0.1, 0.15) is 11.5 Å². The van der Waals surface area contributed by atoms with Crippen LogP contribution < -0.4 is 9.47 Å². The molecule has 6 heteroatoms. The van der Waals surface area contributed by atoms with Crippen molar-refractivity contribution < 1.29 is 28.6 Å². The standard InChI is InChI=1S/C23H24O6/c1-27-18-8-9-19(22(13-18)28-2)21(25)14-29-23(26)11-10-20(24)17-7-6-15-4-3-5-16(15)12-17/h6-9,12-13H,3-5,10-11,14H2,1-2H3. The Balaban J connectivity index is 1.50. The summed E-state index contributed by atoms with van der Waals surface area (Å²) in [5, 5.41) is 0. The van der Waals surface area contributed by atoms with Crippen LogP contribution in [0, 0.1) is 0 Å². The summed E-state index contributed by atoms with van der Waals surface area (Å²) in [5.74, 6) is -0.166. The highest BCUT2D eigenvalue weighted by molar-refractivity contribution is 6.01. The van der Waals surface area contributed by atoms with Gasteiger partial charge in [-0.3, -0.25) is 14.4 Å². The van der Waals surface area contributed by atoms with Gasteiger partial charge < -0.3 is 14.2 Å². The smallest absolute Gasteiger partial charge is 0.306 e. The molecular formula is C23H24O6. The fourth-order valence-corrected chi connectivity index (χ4v) is 3.43. The van der Waals surface area contributed by atoms with E-state index in [4.69, 9.17) is 14.2 Å². The molecule has 0 N–H and O–H groups in total. The van der Waals surface area contributed by atoms with Crippen molar-refractivity contribution in [1.29, 1.82) is 0 Å². The zero-order valence-electron chi connectivity index (χ0n) is 16.7. The quantitative estimate of drug-likeness (QED) is 0.476. The van der Waals surface area contributed by atoms with Crippen molar-refractivity contribution in [3.8, 4) is 11.5 Å². The Kier molecular flexibility index (Phi) is 6.65. The summed E-state index contributed by atoms with van der Waals surface area (Å²) < 4.78 is 15.3. The van der Waals surface area contributed by atoms with Crippen LogP contribution in [0.3, 0.4) is 0 Å². The molecule has 0 atom stereocenters. The number of methoxy groups -OCH3 is 2. The van der Waals surface area contributed by atoms with Crippen molar-refractivity contribution in [3.05, 3.63) is 58.7 Å². The minimum Gasteiger partial charge on any atom is -0.497 e. The number of aryl methyl sites for hydroxylation is 2. The van der Waals surface area contributed by atoms with Crippen molar-refractivity contribution in [2.24, 2.45) is 0 Å². The molecule has 0 bridgehead atoms. The summed E-state index contributed by atoms with van der Waals surface area (Å²) in [4.78, 5) is 36.7. The number of Topliss-reactive ketones (excluding diaryl/α,β-unsaturated/α-hetero) is 2. The number of esters is 1. The maximum Gasteiger partial charge on any atom is 0.306 e. The predicted octanol–water partition coefficient (Wildman–Crippen LogP) is 3.58. The first-order chi connectivity index (χ1) is 14.0. The predicted molar refractivity (Wildman–Crippen MR) is 107 cm³/mol. The number of ether oxygens (including phenoxy) is 3. The number of hydrogen-bond donors (Lipinski definition) is 0. The van der Waals surface area contributed by atoms with E-state index in [9.17, 15) is 14.4 Å². The summed E-state index contributed by atoms with van der Waals surface area (Å²) in [7, 11) is 2.96. The van der Waals surface area contributed by atoms with Gasteiger partial charge in [0.25, 0.3) is 0 Å². The Bertz CT molecular complexity index is 931.